The van der Waals surface area contributed by atoms with Gasteiger partial charge in [-0.1, -0.05) is 24.4 Å². The van der Waals surface area contributed by atoms with Crippen LogP contribution < -0.4 is 10.6 Å². The number of guanidine groups is 1. The number of H-pyrrole nitrogens is 1. The minimum atomic E-state index is -3.87. The third kappa shape index (κ3) is 5.30. The number of nitrogens with one attached hydrogen (secondary N) is 3. The molecule has 1 amide bonds. The van der Waals surface area contributed by atoms with Crippen LogP contribution in [-0.2, 0) is 10.0 Å². The maximum Gasteiger partial charge on any atom is 0.259 e. The van der Waals surface area contributed by atoms with E-state index in [0.717, 1.165) is 25.7 Å². The Morgan fingerprint density at radius 3 is 2.62 bits per heavy atom. The molecule has 1 aliphatic carbocycles. The van der Waals surface area contributed by atoms with Gasteiger partial charge in [-0.15, -0.1) is 15.2 Å². The molecule has 14 heteroatoms. The molecule has 0 atom stereocenters. The molecule has 3 N–H and O–H groups in total. The van der Waals surface area contributed by atoms with Crippen LogP contribution in [0.3, 0.4) is 0 Å². The predicted octanol–water partition coefficient (Wildman–Crippen LogP) is 1.39. The number of hydrogen-bond acceptors (Lipinski definition) is 7. The number of piperazine rings is 1. The Bertz CT molecular complexity index is 1200. The highest BCUT2D eigenvalue weighted by atomic mass is 35.5. The molecular formula is C20H24ClN9O3S. The molecule has 0 bridgehead atoms. The summed E-state index contributed by atoms with van der Waals surface area (Å²) < 4.78 is 27.9. The van der Waals surface area contributed by atoms with Crippen LogP contribution in [-0.4, -0.2) is 76.9 Å². The van der Waals surface area contributed by atoms with Crippen molar-refractivity contribution < 1.29 is 13.2 Å². The molecular weight excluding hydrogens is 482 g/mol. The number of aromatic amines is 1. The zero-order valence-electron chi connectivity index (χ0n) is 18.2. The van der Waals surface area contributed by atoms with Gasteiger partial charge in [0.2, 0.25) is 28.1 Å². The number of sulfonamides is 1. The van der Waals surface area contributed by atoms with Gasteiger partial charge in [-0.3, -0.25) is 10.1 Å². The lowest BCUT2D eigenvalue weighted by Gasteiger charge is -2.36. The van der Waals surface area contributed by atoms with Crippen molar-refractivity contribution in [3.8, 4) is 6.19 Å². The number of carbonyl (C=O) groups excluding carboxylic acids is 1. The molecule has 0 radical (unpaired) electrons. The number of nitriles is 1. The Kier molecular flexibility index (Phi) is 7.30. The Balaban J connectivity index is 1.45. The van der Waals surface area contributed by atoms with E-state index in [0.29, 0.717) is 19.0 Å². The summed E-state index contributed by atoms with van der Waals surface area (Å²) in [5.74, 6) is -0.00484. The van der Waals surface area contributed by atoms with Crippen LogP contribution in [0.2, 0.25) is 5.02 Å². The molecule has 34 heavy (non-hydrogen) atoms. The third-order valence-corrected chi connectivity index (χ3v) is 8.08. The van der Waals surface area contributed by atoms with Crippen LogP contribution in [0.4, 0.5) is 5.95 Å². The molecule has 2 heterocycles. The number of aromatic nitrogens is 3. The first-order valence-corrected chi connectivity index (χ1v) is 12.7. The first kappa shape index (κ1) is 23.9. The van der Waals surface area contributed by atoms with Gasteiger partial charge in [0.15, 0.2) is 0 Å². The number of carbonyl (C=O) groups is 1. The van der Waals surface area contributed by atoms with Crippen molar-refractivity contribution in [1.82, 2.24) is 29.7 Å². The van der Waals surface area contributed by atoms with Crippen molar-refractivity contribution in [2.45, 2.75) is 36.6 Å². The standard InChI is InChI=1S/C20H24ClN9O3S/c21-17-6-5-15(11-16(17)18(31)27-19-24-13-25-28-19)34(32,33)30-9-7-29(8-10-30)20(23-12-22)26-14-3-1-2-4-14/h5-6,11,13-14H,1-4,7-10H2,(H,23,26)(H2,24,25,27,28,31). The molecule has 4 rings (SSSR count). The maximum absolute atomic E-state index is 13.3. The number of amides is 1. The Morgan fingerprint density at radius 1 is 1.24 bits per heavy atom. The molecule has 1 aliphatic heterocycles. The highest BCUT2D eigenvalue weighted by Crippen LogP contribution is 2.25. The Morgan fingerprint density at radius 2 is 1.97 bits per heavy atom. The Labute approximate surface area is 202 Å². The average molecular weight is 506 g/mol. The second kappa shape index (κ2) is 10.4. The first-order valence-electron chi connectivity index (χ1n) is 10.8. The zero-order chi connectivity index (χ0) is 24.1. The number of aliphatic imine (C=N–C) groups is 1. The topological polar surface area (TPSA) is 159 Å². The molecule has 1 aromatic heterocycles. The van der Waals surface area contributed by atoms with Gasteiger partial charge in [0.1, 0.15) is 6.33 Å². The van der Waals surface area contributed by atoms with Crippen molar-refractivity contribution in [2.75, 3.05) is 31.5 Å². The number of nitrogens with zero attached hydrogens (tertiary/aromatic N) is 6. The minimum absolute atomic E-state index is 0.00183. The normalized spacial score (nSPS) is 18.0. The summed E-state index contributed by atoms with van der Waals surface area (Å²) in [7, 11) is -3.87. The quantitative estimate of drug-likeness (QED) is 0.312. The number of rotatable bonds is 5. The second-order valence-electron chi connectivity index (χ2n) is 7.99. The van der Waals surface area contributed by atoms with Gasteiger partial charge in [0.25, 0.3) is 5.91 Å². The first-order chi connectivity index (χ1) is 16.4. The van der Waals surface area contributed by atoms with Crippen molar-refractivity contribution in [1.29, 1.82) is 5.26 Å². The van der Waals surface area contributed by atoms with E-state index < -0.39 is 15.9 Å². The zero-order valence-corrected chi connectivity index (χ0v) is 19.8. The number of halogens is 1. The summed E-state index contributed by atoms with van der Waals surface area (Å²) in [5, 5.41) is 22.3. The molecule has 0 unspecified atom stereocenters. The van der Waals surface area contributed by atoms with E-state index in [9.17, 15) is 13.2 Å². The molecule has 1 saturated carbocycles. The summed E-state index contributed by atoms with van der Waals surface area (Å²) >= 11 is 6.15. The summed E-state index contributed by atoms with van der Waals surface area (Å²) in [6.07, 6.45) is 7.48. The number of benzene rings is 1. The van der Waals surface area contributed by atoms with E-state index in [1.807, 2.05) is 11.1 Å². The largest absolute Gasteiger partial charge is 0.353 e. The maximum atomic E-state index is 13.3. The molecule has 2 aromatic rings. The summed E-state index contributed by atoms with van der Waals surface area (Å²) in [6, 6.07) is 4.28. The molecule has 180 valence electrons. The third-order valence-electron chi connectivity index (χ3n) is 5.85. The van der Waals surface area contributed by atoms with E-state index in [1.54, 1.807) is 0 Å². The van der Waals surface area contributed by atoms with Crippen molar-refractivity contribution in [3.05, 3.63) is 35.1 Å². The number of anilines is 1. The molecule has 2 fully saturated rings. The number of hydrogen-bond donors (Lipinski definition) is 3. The van der Waals surface area contributed by atoms with E-state index in [1.165, 1.54) is 28.8 Å². The average Bonchev–Trinajstić information content (AvgIpc) is 3.53. The summed E-state index contributed by atoms with van der Waals surface area (Å²) in [4.78, 5) is 21.0. The van der Waals surface area contributed by atoms with Crippen molar-refractivity contribution >= 4 is 39.4 Å². The Hall–Kier alpha value is -3.21. The van der Waals surface area contributed by atoms with E-state index >= 15 is 0 Å². The van der Waals surface area contributed by atoms with Crippen LogP contribution in [0.1, 0.15) is 36.0 Å². The molecule has 1 saturated heterocycles. The fourth-order valence-corrected chi connectivity index (χ4v) is 5.72. The van der Waals surface area contributed by atoms with Crippen molar-refractivity contribution in [3.63, 3.8) is 0 Å². The SMILES string of the molecule is N#C/N=C(/NC1CCCC1)N1CCN(S(=O)(=O)c2ccc(Cl)c(C(=O)Nc3nnc[nH]3)c2)CC1. The van der Waals surface area contributed by atoms with Gasteiger partial charge in [-0.05, 0) is 31.0 Å². The van der Waals surface area contributed by atoms with Crippen LogP contribution in [0.5, 0.6) is 0 Å². The highest BCUT2D eigenvalue weighted by Gasteiger charge is 2.31. The highest BCUT2D eigenvalue weighted by molar-refractivity contribution is 7.89. The minimum Gasteiger partial charge on any atom is -0.353 e. The van der Waals surface area contributed by atoms with Crippen LogP contribution >= 0.6 is 11.6 Å². The van der Waals surface area contributed by atoms with Crippen LogP contribution in [0.25, 0.3) is 0 Å². The molecule has 0 spiro atoms. The summed E-state index contributed by atoms with van der Waals surface area (Å²) in [5.41, 5.74) is 0.00183. The molecule has 2 aliphatic rings. The van der Waals surface area contributed by atoms with Gasteiger partial charge in [0, 0.05) is 32.2 Å². The van der Waals surface area contributed by atoms with Gasteiger partial charge in [-0.25, -0.2) is 8.42 Å². The van der Waals surface area contributed by atoms with Crippen molar-refractivity contribution in [2.24, 2.45) is 4.99 Å². The van der Waals surface area contributed by atoms with E-state index in [4.69, 9.17) is 16.9 Å². The van der Waals surface area contributed by atoms with Gasteiger partial charge >= 0.3 is 0 Å². The monoisotopic (exact) mass is 505 g/mol. The van der Waals surface area contributed by atoms with E-state index in [2.05, 4.69) is 30.8 Å². The lowest BCUT2D eigenvalue weighted by Crippen LogP contribution is -2.54. The van der Waals surface area contributed by atoms with E-state index in [-0.39, 0.29) is 40.6 Å². The van der Waals surface area contributed by atoms with Crippen LogP contribution in [0.15, 0.2) is 34.4 Å². The predicted molar refractivity (Wildman–Crippen MR) is 125 cm³/mol. The fourth-order valence-electron chi connectivity index (χ4n) is 4.06. The summed E-state index contributed by atoms with van der Waals surface area (Å²) in [6.45, 7) is 1.18. The fraction of sp³-hybridized carbons (Fsp3) is 0.450. The molecule has 1 aromatic carbocycles. The molecule has 12 nitrogen and oxygen atoms in total. The van der Waals surface area contributed by atoms with Gasteiger partial charge in [0.05, 0.1) is 15.5 Å². The van der Waals surface area contributed by atoms with Gasteiger partial charge in [-0.2, -0.15) is 9.57 Å². The lowest BCUT2D eigenvalue weighted by atomic mass is 10.2. The second-order valence-corrected chi connectivity index (χ2v) is 10.3. The van der Waals surface area contributed by atoms with Gasteiger partial charge < -0.3 is 15.2 Å². The smallest absolute Gasteiger partial charge is 0.259 e. The van der Waals surface area contributed by atoms with Crippen LogP contribution in [0, 0.1) is 11.5 Å². The lowest BCUT2D eigenvalue weighted by molar-refractivity contribution is 0.102.